The fourth-order valence-electron chi connectivity index (χ4n) is 0.0816. The van der Waals surface area contributed by atoms with Gasteiger partial charge in [-0.2, -0.15) is 5.11 Å². The molecule has 0 aromatic rings. The fraction of sp³-hybridized carbons (Fsp3) is 1.00. The summed E-state index contributed by atoms with van der Waals surface area (Å²) in [5.74, 6) is 0. The SMILES string of the molecule is C/N=N\OC. The summed E-state index contributed by atoms with van der Waals surface area (Å²) in [6.45, 7) is 0. The maximum absolute atomic E-state index is 4.15. The van der Waals surface area contributed by atoms with Crippen molar-refractivity contribution in [1.82, 2.24) is 0 Å². The molecule has 0 amide bonds. The van der Waals surface area contributed by atoms with Crippen LogP contribution in [0.4, 0.5) is 0 Å². The second-order valence-corrected chi connectivity index (χ2v) is 0.464. The molecular weight excluding hydrogens is 68.0 g/mol. The van der Waals surface area contributed by atoms with Crippen molar-refractivity contribution >= 4 is 0 Å². The Hall–Kier alpha value is -0.600. The Kier molecular flexibility index (Phi) is 2.99. The minimum atomic E-state index is 1.45. The maximum Gasteiger partial charge on any atom is 0.108 e. The lowest BCUT2D eigenvalue weighted by Crippen LogP contribution is -1.58. The Morgan fingerprint density at radius 3 is 2.20 bits per heavy atom. The number of rotatable bonds is 1. The van der Waals surface area contributed by atoms with Crippen molar-refractivity contribution in [3.8, 4) is 0 Å². The molecule has 0 heterocycles. The van der Waals surface area contributed by atoms with Crippen LogP contribution in [-0.4, -0.2) is 14.2 Å². The van der Waals surface area contributed by atoms with Crippen LogP contribution in [0.2, 0.25) is 0 Å². The lowest BCUT2D eigenvalue weighted by Gasteiger charge is -1.73. The van der Waals surface area contributed by atoms with E-state index < -0.39 is 0 Å². The average molecular weight is 74.1 g/mol. The van der Waals surface area contributed by atoms with Gasteiger partial charge in [0.15, 0.2) is 0 Å². The van der Waals surface area contributed by atoms with Crippen LogP contribution >= 0.6 is 0 Å². The predicted octanol–water partition coefficient (Wildman–Crippen LogP) is 0.630. The zero-order chi connectivity index (χ0) is 4.12. The molecule has 30 valence electrons. The highest BCUT2D eigenvalue weighted by atomic mass is 16.6. The van der Waals surface area contributed by atoms with Crippen LogP contribution in [-0.2, 0) is 4.84 Å². The highest BCUT2D eigenvalue weighted by molar-refractivity contribution is 3.87. The van der Waals surface area contributed by atoms with Crippen LogP contribution < -0.4 is 0 Å². The zero-order valence-electron chi connectivity index (χ0n) is 3.30. The van der Waals surface area contributed by atoms with E-state index in [1.54, 1.807) is 7.05 Å². The van der Waals surface area contributed by atoms with Crippen LogP contribution in [0.25, 0.3) is 0 Å². The van der Waals surface area contributed by atoms with Gasteiger partial charge in [-0.25, -0.2) is 0 Å². The first-order chi connectivity index (χ1) is 2.41. The normalized spacial score (nSPS) is 9.20. The van der Waals surface area contributed by atoms with Crippen LogP contribution in [0.5, 0.6) is 0 Å². The summed E-state index contributed by atoms with van der Waals surface area (Å²) >= 11 is 0. The molecule has 0 spiro atoms. The molecule has 0 saturated carbocycles. The second kappa shape index (κ2) is 3.40. The second-order valence-electron chi connectivity index (χ2n) is 0.464. The van der Waals surface area contributed by atoms with E-state index >= 15 is 0 Å². The molecule has 3 nitrogen and oxygen atoms in total. The van der Waals surface area contributed by atoms with Crippen molar-refractivity contribution in [2.45, 2.75) is 0 Å². The lowest BCUT2D eigenvalue weighted by molar-refractivity contribution is 0.188. The van der Waals surface area contributed by atoms with Gasteiger partial charge < -0.3 is 4.84 Å². The molecule has 0 unspecified atom stereocenters. The molecule has 0 rings (SSSR count). The first kappa shape index (κ1) is 4.40. The standard InChI is InChI=1S/C2H6N2O/c1-3-4-5-2/h1-2H3/b4-3-. The summed E-state index contributed by atoms with van der Waals surface area (Å²) < 4.78 is 0. The van der Waals surface area contributed by atoms with Crippen molar-refractivity contribution in [1.29, 1.82) is 0 Å². The fourth-order valence-corrected chi connectivity index (χ4v) is 0.0816. The Bertz CT molecular complexity index is 34.6. The van der Waals surface area contributed by atoms with Gasteiger partial charge in [-0.3, -0.25) is 0 Å². The van der Waals surface area contributed by atoms with Gasteiger partial charge in [-0.1, -0.05) is 0 Å². The van der Waals surface area contributed by atoms with Gasteiger partial charge in [0.2, 0.25) is 0 Å². The molecule has 0 aliphatic heterocycles. The van der Waals surface area contributed by atoms with Crippen molar-refractivity contribution in [2.24, 2.45) is 10.4 Å². The van der Waals surface area contributed by atoms with E-state index in [4.69, 9.17) is 0 Å². The summed E-state index contributed by atoms with van der Waals surface area (Å²) in [6, 6.07) is 0. The summed E-state index contributed by atoms with van der Waals surface area (Å²) in [6.07, 6.45) is 0. The van der Waals surface area contributed by atoms with E-state index in [1.165, 1.54) is 7.11 Å². The molecule has 0 N–H and O–H groups in total. The number of nitrogens with zero attached hydrogens (tertiary/aromatic N) is 2. The maximum atomic E-state index is 4.15. The van der Waals surface area contributed by atoms with Crippen molar-refractivity contribution in [3.63, 3.8) is 0 Å². The molecule has 0 radical (unpaired) electrons. The third-order valence-corrected chi connectivity index (χ3v) is 0.163. The largest absolute Gasteiger partial charge is 0.383 e. The van der Waals surface area contributed by atoms with Gasteiger partial charge in [-0.15, -0.1) is 0 Å². The number of hydrogen-bond acceptors (Lipinski definition) is 3. The Morgan fingerprint density at radius 2 is 2.20 bits per heavy atom. The van der Waals surface area contributed by atoms with E-state index in [0.29, 0.717) is 0 Å². The first-order valence-electron chi connectivity index (χ1n) is 1.24. The van der Waals surface area contributed by atoms with Crippen molar-refractivity contribution in [3.05, 3.63) is 0 Å². The van der Waals surface area contributed by atoms with E-state index in [0.717, 1.165) is 0 Å². The van der Waals surface area contributed by atoms with Crippen molar-refractivity contribution < 1.29 is 4.84 Å². The molecule has 0 aliphatic rings. The highest BCUT2D eigenvalue weighted by Crippen LogP contribution is 1.62. The molecule has 0 aliphatic carbocycles. The average Bonchev–Trinajstić information content (AvgIpc) is 1.41. The topological polar surface area (TPSA) is 34.0 Å². The Morgan fingerprint density at radius 1 is 1.60 bits per heavy atom. The van der Waals surface area contributed by atoms with Crippen LogP contribution in [0.15, 0.2) is 10.4 Å². The summed E-state index contributed by atoms with van der Waals surface area (Å²) in [5, 5.41) is 6.35. The minimum absolute atomic E-state index is 1.45. The molecule has 0 aromatic heterocycles. The summed E-state index contributed by atoms with van der Waals surface area (Å²) in [5.41, 5.74) is 0. The van der Waals surface area contributed by atoms with Crippen LogP contribution in [0.1, 0.15) is 0 Å². The molecule has 0 fully saturated rings. The Balaban J connectivity index is 2.62. The number of hydrogen-bond donors (Lipinski definition) is 0. The molecule has 0 bridgehead atoms. The van der Waals surface area contributed by atoms with E-state index in [2.05, 4.69) is 15.2 Å². The quantitative estimate of drug-likeness (QED) is 0.331. The van der Waals surface area contributed by atoms with E-state index in [9.17, 15) is 0 Å². The monoisotopic (exact) mass is 74.0 g/mol. The first-order valence-corrected chi connectivity index (χ1v) is 1.24. The van der Waals surface area contributed by atoms with Crippen molar-refractivity contribution in [2.75, 3.05) is 14.2 Å². The van der Waals surface area contributed by atoms with Gasteiger partial charge in [-0.05, 0) is 0 Å². The Labute approximate surface area is 30.6 Å². The molecule has 0 aromatic carbocycles. The van der Waals surface area contributed by atoms with Gasteiger partial charge in [0.05, 0.1) is 7.05 Å². The lowest BCUT2D eigenvalue weighted by atomic mass is 11.6. The summed E-state index contributed by atoms with van der Waals surface area (Å²) in [4.78, 5) is 4.15. The minimum Gasteiger partial charge on any atom is -0.383 e. The van der Waals surface area contributed by atoms with Gasteiger partial charge in [0.25, 0.3) is 0 Å². The van der Waals surface area contributed by atoms with Crippen LogP contribution in [0.3, 0.4) is 0 Å². The zero-order valence-corrected chi connectivity index (χ0v) is 3.30. The van der Waals surface area contributed by atoms with E-state index in [-0.39, 0.29) is 0 Å². The van der Waals surface area contributed by atoms with E-state index in [1.807, 2.05) is 0 Å². The highest BCUT2D eigenvalue weighted by Gasteiger charge is 1.47. The molecular formula is C2H6N2O. The van der Waals surface area contributed by atoms with Gasteiger partial charge in [0.1, 0.15) is 7.11 Å². The smallest absolute Gasteiger partial charge is 0.108 e. The van der Waals surface area contributed by atoms with Gasteiger partial charge in [0, 0.05) is 5.28 Å². The third-order valence-electron chi connectivity index (χ3n) is 0.163. The molecule has 5 heavy (non-hydrogen) atoms. The third kappa shape index (κ3) is 3.40. The summed E-state index contributed by atoms with van der Waals surface area (Å²) in [7, 11) is 3.00. The van der Waals surface area contributed by atoms with Gasteiger partial charge >= 0.3 is 0 Å². The molecule has 0 atom stereocenters. The molecule has 3 heteroatoms. The van der Waals surface area contributed by atoms with Crippen LogP contribution in [0, 0.1) is 0 Å². The molecule has 0 saturated heterocycles. The predicted molar refractivity (Wildman–Crippen MR) is 17.8 cm³/mol.